The molecule has 0 aliphatic carbocycles. The van der Waals surface area contributed by atoms with Crippen LogP contribution >= 0.6 is 0 Å². The Balaban J connectivity index is 4.35. The van der Waals surface area contributed by atoms with Gasteiger partial charge >= 0.3 is 80.6 Å². The molecule has 0 aliphatic rings. The zero-order valence-corrected chi connectivity index (χ0v) is 12.6. The molecule has 0 atom stereocenters. The second-order valence-electron chi connectivity index (χ2n) is 4.77. The molecule has 0 aromatic carbocycles. The van der Waals surface area contributed by atoms with Crippen LogP contribution in [0.15, 0.2) is 0 Å². The third kappa shape index (κ3) is 3.88. The van der Waals surface area contributed by atoms with Crippen LogP contribution in [0.3, 0.4) is 0 Å². The van der Waals surface area contributed by atoms with Crippen molar-refractivity contribution in [1.29, 1.82) is 0 Å². The van der Waals surface area contributed by atoms with E-state index in [9.17, 15) is 0 Å². The molecule has 0 radical (unpaired) electrons. The topological polar surface area (TPSA) is 0 Å². The Morgan fingerprint density at radius 1 is 0.818 bits per heavy atom. The summed E-state index contributed by atoms with van der Waals surface area (Å²) in [4.78, 5) is 0. The van der Waals surface area contributed by atoms with Crippen molar-refractivity contribution in [3.8, 4) is 0 Å². The number of hydrogen-bond donors (Lipinski definition) is 0. The summed E-state index contributed by atoms with van der Waals surface area (Å²) >= 11 is -1.22. The monoisotopic (exact) mass is 352 g/mol. The fourth-order valence-corrected chi connectivity index (χ4v) is 18.8. The number of rotatable bonds is 2. The molecule has 0 heterocycles. The van der Waals surface area contributed by atoms with Crippen LogP contribution in [0.1, 0.15) is 48.5 Å². The van der Waals surface area contributed by atoms with Gasteiger partial charge in [0, 0.05) is 0 Å². The van der Waals surface area contributed by atoms with Crippen LogP contribution in [0.5, 0.6) is 0 Å². The summed E-state index contributed by atoms with van der Waals surface area (Å²) in [6.07, 6.45) is 0. The summed E-state index contributed by atoms with van der Waals surface area (Å²) in [6, 6.07) is 0. The van der Waals surface area contributed by atoms with Gasteiger partial charge in [0.2, 0.25) is 0 Å². The molecule has 11 heavy (non-hydrogen) atoms. The Labute approximate surface area is 80.4 Å². The van der Waals surface area contributed by atoms with Gasteiger partial charge in [-0.05, 0) is 0 Å². The predicted octanol–water partition coefficient (Wildman–Crippen LogP) is 4.10. The third-order valence-corrected chi connectivity index (χ3v) is 16.6. The van der Waals surface area contributed by atoms with Crippen molar-refractivity contribution >= 4 is 21.8 Å². The van der Waals surface area contributed by atoms with E-state index in [0.717, 1.165) is 7.25 Å². The molecule has 0 bridgehead atoms. The second-order valence-corrected chi connectivity index (χ2v) is 21.2. The van der Waals surface area contributed by atoms with Crippen molar-refractivity contribution < 1.29 is 0 Å². The van der Waals surface area contributed by atoms with Crippen molar-refractivity contribution in [2.24, 2.45) is 0 Å². The Bertz CT molecular complexity index is 101. The molecule has 1 heteroatoms. The molecule has 0 aromatic heterocycles. The summed E-state index contributed by atoms with van der Waals surface area (Å²) in [5.74, 6) is 0. The van der Waals surface area contributed by atoms with Crippen LogP contribution < -0.4 is 0 Å². The Kier molecular flexibility index (Phi) is 4.55. The van der Waals surface area contributed by atoms with E-state index in [2.05, 4.69) is 48.5 Å². The Morgan fingerprint density at radius 2 is 1.09 bits per heavy atom. The Morgan fingerprint density at radius 3 is 1.09 bits per heavy atom. The average molecular weight is 352 g/mol. The SMILES string of the molecule is C[CH](C)[Bi]([CH](C)C)[C](C)(C)C. The third-order valence-electron chi connectivity index (χ3n) is 1.89. The van der Waals surface area contributed by atoms with Gasteiger partial charge in [0.15, 0.2) is 0 Å². The fourth-order valence-electron chi connectivity index (χ4n) is 2.15. The molecule has 0 amide bonds. The van der Waals surface area contributed by atoms with E-state index in [4.69, 9.17) is 0 Å². The first-order valence-corrected chi connectivity index (χ1v) is 10.3. The molecule has 0 saturated heterocycles. The molecule has 0 fully saturated rings. The van der Waals surface area contributed by atoms with Crippen LogP contribution in [0.4, 0.5) is 0 Å². The summed E-state index contributed by atoms with van der Waals surface area (Å²) in [5.41, 5.74) is 0. The van der Waals surface area contributed by atoms with Crippen molar-refractivity contribution in [2.75, 3.05) is 0 Å². The minimum atomic E-state index is -1.22. The first-order valence-electron chi connectivity index (χ1n) is 4.55. The molecular formula is C10H23Bi. The summed E-state index contributed by atoms with van der Waals surface area (Å²) in [6.45, 7) is 17.0. The van der Waals surface area contributed by atoms with Gasteiger partial charge in [0.1, 0.15) is 0 Å². The van der Waals surface area contributed by atoms with Crippen LogP contribution in [0.25, 0.3) is 0 Å². The summed E-state index contributed by atoms with van der Waals surface area (Å²) in [7, 11) is 0. The van der Waals surface area contributed by atoms with E-state index in [1.54, 1.807) is 0 Å². The van der Waals surface area contributed by atoms with Crippen molar-refractivity contribution in [1.82, 2.24) is 0 Å². The zero-order valence-electron chi connectivity index (χ0n) is 9.10. The van der Waals surface area contributed by atoms with Gasteiger partial charge in [-0.25, -0.2) is 0 Å². The van der Waals surface area contributed by atoms with Gasteiger partial charge in [-0.1, -0.05) is 0 Å². The molecule has 68 valence electrons. The molecule has 0 unspecified atom stereocenters. The second kappa shape index (κ2) is 4.21. The van der Waals surface area contributed by atoms with E-state index < -0.39 is 21.8 Å². The van der Waals surface area contributed by atoms with Crippen molar-refractivity contribution in [3.05, 3.63) is 0 Å². The summed E-state index contributed by atoms with van der Waals surface area (Å²) in [5, 5.41) is 0. The zero-order chi connectivity index (χ0) is 9.23. The number of hydrogen-bond acceptors (Lipinski definition) is 0. The predicted molar refractivity (Wildman–Crippen MR) is 55.7 cm³/mol. The molecule has 0 saturated carbocycles. The standard InChI is InChI=1S/C4H9.2C3H7.Bi/c1-4(2)3;2*1-3-2;/h1-3H3;2*3H,1-2H3;. The molecule has 0 rings (SSSR count). The van der Waals surface area contributed by atoms with Gasteiger partial charge in [-0.2, -0.15) is 0 Å². The van der Waals surface area contributed by atoms with Gasteiger partial charge in [-0.3, -0.25) is 0 Å². The molecule has 0 aliphatic heterocycles. The molecular weight excluding hydrogens is 329 g/mol. The van der Waals surface area contributed by atoms with E-state index in [-0.39, 0.29) is 0 Å². The van der Waals surface area contributed by atoms with Gasteiger partial charge in [-0.15, -0.1) is 0 Å². The van der Waals surface area contributed by atoms with Crippen LogP contribution in [-0.4, -0.2) is 21.8 Å². The quantitative estimate of drug-likeness (QED) is 0.657. The first kappa shape index (κ1) is 11.9. The average Bonchev–Trinajstić information content (AvgIpc) is 1.54. The Hall–Kier alpha value is 0.883. The molecule has 0 nitrogen and oxygen atoms in total. The van der Waals surface area contributed by atoms with Crippen LogP contribution in [-0.2, 0) is 0 Å². The van der Waals surface area contributed by atoms with Gasteiger partial charge in [0.25, 0.3) is 0 Å². The van der Waals surface area contributed by atoms with Gasteiger partial charge < -0.3 is 0 Å². The van der Waals surface area contributed by atoms with E-state index in [0.29, 0.717) is 3.12 Å². The van der Waals surface area contributed by atoms with E-state index in [1.807, 2.05) is 0 Å². The maximum absolute atomic E-state index is 2.44. The fraction of sp³-hybridized carbons (Fsp3) is 1.00. The molecule has 0 aromatic rings. The van der Waals surface area contributed by atoms with E-state index >= 15 is 0 Å². The van der Waals surface area contributed by atoms with Crippen molar-refractivity contribution in [3.63, 3.8) is 0 Å². The molecule has 0 N–H and O–H groups in total. The first-order chi connectivity index (χ1) is 4.76. The normalized spacial score (nSPS) is 13.6. The van der Waals surface area contributed by atoms with Crippen LogP contribution in [0.2, 0.25) is 10.4 Å². The van der Waals surface area contributed by atoms with Crippen molar-refractivity contribution in [2.45, 2.75) is 58.8 Å². The van der Waals surface area contributed by atoms with Crippen LogP contribution in [0, 0.1) is 0 Å². The minimum absolute atomic E-state index is 0.664. The maximum atomic E-state index is 2.44. The summed E-state index contributed by atoms with van der Waals surface area (Å²) < 4.78 is 2.67. The molecule has 0 spiro atoms. The van der Waals surface area contributed by atoms with Gasteiger partial charge in [0.05, 0.1) is 0 Å². The van der Waals surface area contributed by atoms with E-state index in [1.165, 1.54) is 0 Å².